The lowest BCUT2D eigenvalue weighted by molar-refractivity contribution is 0.718. The van der Waals surface area contributed by atoms with Gasteiger partial charge in [0.25, 0.3) is 0 Å². The molecule has 6 heteroatoms. The van der Waals surface area contributed by atoms with E-state index < -0.39 is 0 Å². The monoisotopic (exact) mass is 282 g/mol. The fourth-order valence-electron chi connectivity index (χ4n) is 1.27. The molecule has 15 heavy (non-hydrogen) atoms. The number of aryl methyl sites for hydroxylation is 1. The number of hydrogen-bond donors (Lipinski definition) is 0. The topological polar surface area (TPSA) is 54.5 Å². The van der Waals surface area contributed by atoms with Crippen LogP contribution >= 0.6 is 27.3 Å². The van der Waals surface area contributed by atoms with Crippen molar-refractivity contribution in [2.24, 2.45) is 7.05 Å². The zero-order valence-electron chi connectivity index (χ0n) is 7.94. The molecule has 0 spiro atoms. The van der Waals surface area contributed by atoms with Crippen molar-refractivity contribution < 1.29 is 0 Å². The average Bonchev–Trinajstić information content (AvgIpc) is 2.76. The highest BCUT2D eigenvalue weighted by molar-refractivity contribution is 9.11. The van der Waals surface area contributed by atoms with E-state index in [0.29, 0.717) is 12.1 Å². The van der Waals surface area contributed by atoms with Gasteiger partial charge in [0.1, 0.15) is 6.07 Å². The van der Waals surface area contributed by atoms with E-state index in [1.165, 1.54) is 0 Å². The van der Waals surface area contributed by atoms with Crippen LogP contribution in [0.2, 0.25) is 0 Å². The minimum absolute atomic E-state index is 0.443. The summed E-state index contributed by atoms with van der Waals surface area (Å²) in [5, 5.41) is 12.8. The number of halogens is 1. The summed E-state index contributed by atoms with van der Waals surface area (Å²) in [4.78, 5) is 4.23. The standard InChI is InChI=1S/C9H7BrN4S/c1-14-7(2-6(4-11)13-14)3-8-9(10)15-5-12-8/h2,5H,3H2,1H3. The molecule has 0 aromatic carbocycles. The maximum atomic E-state index is 8.71. The molecule has 0 atom stereocenters. The van der Waals surface area contributed by atoms with Crippen molar-refractivity contribution in [3.05, 3.63) is 32.4 Å². The number of aromatic nitrogens is 3. The average molecular weight is 283 g/mol. The second-order valence-corrected chi connectivity index (χ2v) is 5.18. The smallest absolute Gasteiger partial charge is 0.162 e. The molecule has 4 nitrogen and oxygen atoms in total. The van der Waals surface area contributed by atoms with Crippen LogP contribution in [0.4, 0.5) is 0 Å². The molecular formula is C9H7BrN4S. The molecule has 0 saturated carbocycles. The van der Waals surface area contributed by atoms with Crippen molar-refractivity contribution in [2.75, 3.05) is 0 Å². The maximum absolute atomic E-state index is 8.71. The van der Waals surface area contributed by atoms with Gasteiger partial charge >= 0.3 is 0 Å². The Morgan fingerprint density at radius 3 is 3.00 bits per heavy atom. The van der Waals surface area contributed by atoms with Crippen LogP contribution in [0.5, 0.6) is 0 Å². The highest BCUT2D eigenvalue weighted by Gasteiger charge is 2.09. The first-order valence-electron chi connectivity index (χ1n) is 4.21. The predicted molar refractivity (Wildman–Crippen MR) is 60.5 cm³/mol. The van der Waals surface area contributed by atoms with Crippen molar-refractivity contribution in [2.45, 2.75) is 6.42 Å². The first-order valence-corrected chi connectivity index (χ1v) is 5.89. The summed E-state index contributed by atoms with van der Waals surface area (Å²) in [5.74, 6) is 0. The van der Waals surface area contributed by atoms with E-state index in [0.717, 1.165) is 15.2 Å². The van der Waals surface area contributed by atoms with Gasteiger partial charge < -0.3 is 0 Å². The Kier molecular flexibility index (Phi) is 2.84. The Morgan fingerprint density at radius 1 is 1.67 bits per heavy atom. The van der Waals surface area contributed by atoms with E-state index in [-0.39, 0.29) is 0 Å². The van der Waals surface area contributed by atoms with Crippen LogP contribution in [0.3, 0.4) is 0 Å². The van der Waals surface area contributed by atoms with Crippen molar-refractivity contribution in [3.63, 3.8) is 0 Å². The predicted octanol–water partition coefficient (Wildman–Crippen LogP) is 2.10. The lowest BCUT2D eigenvalue weighted by atomic mass is 10.2. The van der Waals surface area contributed by atoms with E-state index in [1.54, 1.807) is 27.6 Å². The molecule has 0 fully saturated rings. The van der Waals surface area contributed by atoms with E-state index in [1.807, 2.05) is 13.1 Å². The molecule has 2 aromatic rings. The largest absolute Gasteiger partial charge is 0.271 e. The molecule has 2 aromatic heterocycles. The fraction of sp³-hybridized carbons (Fsp3) is 0.222. The van der Waals surface area contributed by atoms with Crippen LogP contribution in [0.15, 0.2) is 15.4 Å². The van der Waals surface area contributed by atoms with Gasteiger partial charge in [0, 0.05) is 19.2 Å². The van der Waals surface area contributed by atoms with Crippen LogP contribution in [0.25, 0.3) is 0 Å². The summed E-state index contributed by atoms with van der Waals surface area (Å²) < 4.78 is 2.74. The van der Waals surface area contributed by atoms with Gasteiger partial charge in [0.15, 0.2) is 5.69 Å². The summed E-state index contributed by atoms with van der Waals surface area (Å²) in [7, 11) is 1.83. The van der Waals surface area contributed by atoms with Crippen LogP contribution in [0, 0.1) is 11.3 Å². The van der Waals surface area contributed by atoms with E-state index >= 15 is 0 Å². The van der Waals surface area contributed by atoms with Gasteiger partial charge in [-0.3, -0.25) is 4.68 Å². The van der Waals surface area contributed by atoms with Crippen LogP contribution < -0.4 is 0 Å². The SMILES string of the molecule is Cn1nc(C#N)cc1Cc1ncsc1Br. The van der Waals surface area contributed by atoms with E-state index in [4.69, 9.17) is 5.26 Å². The van der Waals surface area contributed by atoms with Crippen molar-refractivity contribution in [3.8, 4) is 6.07 Å². The summed E-state index contributed by atoms with van der Waals surface area (Å²) in [6.45, 7) is 0. The van der Waals surface area contributed by atoms with E-state index in [9.17, 15) is 0 Å². The molecular weight excluding hydrogens is 276 g/mol. The number of nitriles is 1. The third-order valence-electron chi connectivity index (χ3n) is 2.03. The fourth-order valence-corrected chi connectivity index (χ4v) is 2.29. The summed E-state index contributed by atoms with van der Waals surface area (Å²) in [5.41, 5.74) is 4.20. The van der Waals surface area contributed by atoms with Gasteiger partial charge in [0.2, 0.25) is 0 Å². The Morgan fingerprint density at radius 2 is 2.47 bits per heavy atom. The molecule has 0 saturated heterocycles. The minimum Gasteiger partial charge on any atom is -0.271 e. The number of rotatable bonds is 2. The Hall–Kier alpha value is -1.19. The molecule has 0 unspecified atom stereocenters. The van der Waals surface area contributed by atoms with Crippen molar-refractivity contribution >= 4 is 27.3 Å². The van der Waals surface area contributed by atoms with Crippen LogP contribution in [-0.2, 0) is 13.5 Å². The first kappa shape index (κ1) is 10.3. The van der Waals surface area contributed by atoms with Crippen LogP contribution in [-0.4, -0.2) is 14.8 Å². The summed E-state index contributed by atoms with van der Waals surface area (Å²) in [6.07, 6.45) is 0.690. The molecule has 0 aliphatic carbocycles. The Bertz CT molecular complexity index is 522. The highest BCUT2D eigenvalue weighted by Crippen LogP contribution is 2.23. The Balaban J connectivity index is 2.29. The third kappa shape index (κ3) is 2.08. The molecule has 0 aliphatic heterocycles. The van der Waals surface area contributed by atoms with Gasteiger partial charge in [-0.2, -0.15) is 10.4 Å². The normalized spacial score (nSPS) is 10.2. The van der Waals surface area contributed by atoms with Crippen molar-refractivity contribution in [1.82, 2.24) is 14.8 Å². The zero-order valence-corrected chi connectivity index (χ0v) is 10.3. The van der Waals surface area contributed by atoms with E-state index in [2.05, 4.69) is 26.0 Å². The van der Waals surface area contributed by atoms with Gasteiger partial charge in [-0.05, 0) is 22.0 Å². The van der Waals surface area contributed by atoms with Gasteiger partial charge in [-0.25, -0.2) is 4.98 Å². The minimum atomic E-state index is 0.443. The lowest BCUT2D eigenvalue weighted by Gasteiger charge is -1.98. The zero-order chi connectivity index (χ0) is 10.8. The lowest BCUT2D eigenvalue weighted by Crippen LogP contribution is -1.99. The molecule has 2 rings (SSSR count). The molecule has 0 N–H and O–H groups in total. The van der Waals surface area contributed by atoms with Gasteiger partial charge in [-0.15, -0.1) is 11.3 Å². The molecule has 0 bridgehead atoms. The number of nitrogens with zero attached hydrogens (tertiary/aromatic N) is 4. The molecule has 76 valence electrons. The molecule has 2 heterocycles. The third-order valence-corrected chi connectivity index (χ3v) is 3.70. The van der Waals surface area contributed by atoms with Crippen LogP contribution in [0.1, 0.15) is 17.1 Å². The summed E-state index contributed by atoms with van der Waals surface area (Å²) >= 11 is 4.99. The van der Waals surface area contributed by atoms with Gasteiger partial charge in [-0.1, -0.05) is 0 Å². The van der Waals surface area contributed by atoms with Crippen molar-refractivity contribution in [1.29, 1.82) is 5.26 Å². The molecule has 0 radical (unpaired) electrons. The summed E-state index contributed by atoms with van der Waals surface area (Å²) in [6, 6.07) is 3.80. The molecule has 0 aliphatic rings. The number of thiazole rings is 1. The molecule has 0 amide bonds. The first-order chi connectivity index (χ1) is 7.20. The highest BCUT2D eigenvalue weighted by atomic mass is 79.9. The quantitative estimate of drug-likeness (QED) is 0.848. The second-order valence-electron chi connectivity index (χ2n) is 3.01. The maximum Gasteiger partial charge on any atom is 0.162 e. The van der Waals surface area contributed by atoms with Gasteiger partial charge in [0.05, 0.1) is 15.0 Å². The second kappa shape index (κ2) is 4.13. The number of hydrogen-bond acceptors (Lipinski definition) is 4. The Labute approximate surface area is 99.3 Å².